The number of nitrogens with one attached hydrogen (secondary N) is 2. The second-order valence-electron chi connectivity index (χ2n) is 7.01. The van der Waals surface area contributed by atoms with Crippen LogP contribution in [0.1, 0.15) is 18.9 Å². The first-order valence-corrected chi connectivity index (χ1v) is 11.4. The molecular formula is C21H29N3O3S. The van der Waals surface area contributed by atoms with Crippen LogP contribution in [-0.4, -0.2) is 46.0 Å². The Balaban J connectivity index is 1.77. The van der Waals surface area contributed by atoms with Crippen LogP contribution in [0.2, 0.25) is 0 Å². The van der Waals surface area contributed by atoms with Crippen molar-refractivity contribution in [3.63, 3.8) is 0 Å². The van der Waals surface area contributed by atoms with E-state index in [1.54, 1.807) is 6.92 Å². The number of para-hydroxylation sites is 1. The molecule has 2 aromatic carbocycles. The number of sulfonamides is 1. The highest BCUT2D eigenvalue weighted by Crippen LogP contribution is 2.30. The van der Waals surface area contributed by atoms with Gasteiger partial charge in [-0.1, -0.05) is 42.5 Å². The highest BCUT2D eigenvalue weighted by Gasteiger charge is 2.29. The zero-order chi connectivity index (χ0) is 20.0. The van der Waals surface area contributed by atoms with Gasteiger partial charge in [-0.05, 0) is 43.5 Å². The molecule has 6 nitrogen and oxygen atoms in total. The predicted octanol–water partition coefficient (Wildman–Crippen LogP) is 1.90. The van der Waals surface area contributed by atoms with E-state index in [1.807, 2.05) is 30.3 Å². The van der Waals surface area contributed by atoms with Crippen LogP contribution in [0.25, 0.3) is 11.1 Å². The van der Waals surface area contributed by atoms with E-state index in [9.17, 15) is 8.42 Å². The van der Waals surface area contributed by atoms with E-state index in [0.717, 1.165) is 41.8 Å². The van der Waals surface area contributed by atoms with Crippen LogP contribution in [-0.2, 0) is 16.4 Å². The summed E-state index contributed by atoms with van der Waals surface area (Å²) in [6.45, 7) is 3.42. The zero-order valence-electron chi connectivity index (χ0n) is 16.2. The van der Waals surface area contributed by atoms with Crippen molar-refractivity contribution >= 4 is 10.0 Å². The lowest BCUT2D eigenvalue weighted by Crippen LogP contribution is -2.45. The summed E-state index contributed by atoms with van der Waals surface area (Å²) in [5, 5.41) is 3.43. The Morgan fingerprint density at radius 3 is 2.82 bits per heavy atom. The van der Waals surface area contributed by atoms with Crippen molar-refractivity contribution in [2.45, 2.75) is 31.8 Å². The number of nitrogens with two attached hydrogens (primary N) is 1. The minimum atomic E-state index is -3.21. The summed E-state index contributed by atoms with van der Waals surface area (Å²) in [6.07, 6.45) is 1.57. The second kappa shape index (κ2) is 9.52. The van der Waals surface area contributed by atoms with Crippen molar-refractivity contribution in [1.82, 2.24) is 10.0 Å². The normalized spacial score (nSPS) is 19.6. The summed E-state index contributed by atoms with van der Waals surface area (Å²) >= 11 is 0. The fourth-order valence-corrected chi connectivity index (χ4v) is 4.47. The van der Waals surface area contributed by atoms with Crippen LogP contribution in [0.4, 0.5) is 0 Å². The van der Waals surface area contributed by atoms with Crippen LogP contribution in [0.15, 0.2) is 48.5 Å². The molecule has 1 saturated heterocycles. The van der Waals surface area contributed by atoms with E-state index in [2.05, 4.69) is 28.2 Å². The number of benzene rings is 2. The Morgan fingerprint density at radius 2 is 2.04 bits per heavy atom. The molecule has 1 aliphatic heterocycles. The number of hydrogen-bond donors (Lipinski definition) is 3. The minimum absolute atomic E-state index is 0.0752. The smallest absolute Gasteiger partial charge is 0.211 e. The van der Waals surface area contributed by atoms with Gasteiger partial charge >= 0.3 is 0 Å². The van der Waals surface area contributed by atoms with Crippen molar-refractivity contribution in [3.8, 4) is 16.9 Å². The molecule has 7 heteroatoms. The molecular weight excluding hydrogens is 374 g/mol. The van der Waals surface area contributed by atoms with Gasteiger partial charge in [0.15, 0.2) is 0 Å². The van der Waals surface area contributed by atoms with E-state index in [-0.39, 0.29) is 17.8 Å². The third-order valence-corrected chi connectivity index (χ3v) is 6.44. The van der Waals surface area contributed by atoms with Crippen LogP contribution in [0.3, 0.4) is 0 Å². The molecule has 0 saturated carbocycles. The van der Waals surface area contributed by atoms with Gasteiger partial charge in [-0.15, -0.1) is 0 Å². The largest absolute Gasteiger partial charge is 0.492 e. The van der Waals surface area contributed by atoms with Gasteiger partial charge < -0.3 is 15.8 Å². The molecule has 4 N–H and O–H groups in total. The molecule has 0 aliphatic carbocycles. The lowest BCUT2D eigenvalue weighted by Gasteiger charge is -2.21. The molecule has 1 heterocycles. The number of hydrogen-bond acceptors (Lipinski definition) is 5. The topological polar surface area (TPSA) is 93.5 Å². The molecule has 3 rings (SSSR count). The molecule has 0 spiro atoms. The van der Waals surface area contributed by atoms with E-state index in [0.29, 0.717) is 13.2 Å². The van der Waals surface area contributed by atoms with Gasteiger partial charge in [-0.25, -0.2) is 13.1 Å². The van der Waals surface area contributed by atoms with Crippen molar-refractivity contribution in [3.05, 3.63) is 54.1 Å². The third-order valence-electron chi connectivity index (χ3n) is 5.01. The summed E-state index contributed by atoms with van der Waals surface area (Å²) in [4.78, 5) is 0. The molecule has 0 amide bonds. The van der Waals surface area contributed by atoms with Crippen molar-refractivity contribution in [2.24, 2.45) is 5.73 Å². The van der Waals surface area contributed by atoms with Crippen molar-refractivity contribution in [1.29, 1.82) is 0 Å². The van der Waals surface area contributed by atoms with Gasteiger partial charge in [-0.3, -0.25) is 0 Å². The lowest BCUT2D eigenvalue weighted by atomic mass is 9.97. The molecule has 152 valence electrons. The fourth-order valence-electron chi connectivity index (χ4n) is 3.56. The molecule has 1 fully saturated rings. The monoisotopic (exact) mass is 403 g/mol. The standard InChI is InChI=1S/C21H29N3O3S/c1-2-28(25,26)24-19-10-12-23-20(19)15-16-6-5-7-17(14-16)18-8-3-4-9-21(18)27-13-11-22/h3-9,14,19-20,23-24H,2,10-13,15,22H2,1H3. The molecule has 2 atom stereocenters. The van der Waals surface area contributed by atoms with E-state index in [1.165, 1.54) is 0 Å². The number of rotatable bonds is 9. The average Bonchev–Trinajstić information content (AvgIpc) is 3.12. The van der Waals surface area contributed by atoms with Crippen LogP contribution < -0.4 is 20.5 Å². The Bertz CT molecular complexity index is 886. The van der Waals surface area contributed by atoms with Gasteiger partial charge in [0.05, 0.1) is 5.75 Å². The predicted molar refractivity (Wildman–Crippen MR) is 113 cm³/mol. The molecule has 1 aliphatic rings. The van der Waals surface area contributed by atoms with Crippen molar-refractivity contribution in [2.75, 3.05) is 25.4 Å². The third kappa shape index (κ3) is 5.32. The van der Waals surface area contributed by atoms with Crippen LogP contribution >= 0.6 is 0 Å². The van der Waals surface area contributed by atoms with Gasteiger partial charge in [-0.2, -0.15) is 0 Å². The number of ether oxygens (including phenoxy) is 1. The van der Waals surface area contributed by atoms with E-state index in [4.69, 9.17) is 10.5 Å². The maximum Gasteiger partial charge on any atom is 0.211 e. The van der Waals surface area contributed by atoms with Crippen molar-refractivity contribution < 1.29 is 13.2 Å². The zero-order valence-corrected chi connectivity index (χ0v) is 17.0. The fraction of sp³-hybridized carbons (Fsp3) is 0.429. The Morgan fingerprint density at radius 1 is 1.21 bits per heavy atom. The lowest BCUT2D eigenvalue weighted by molar-refractivity contribution is 0.329. The first kappa shape index (κ1) is 20.8. The van der Waals surface area contributed by atoms with E-state index < -0.39 is 10.0 Å². The summed E-state index contributed by atoms with van der Waals surface area (Å²) in [7, 11) is -3.21. The maximum absolute atomic E-state index is 12.0. The van der Waals surface area contributed by atoms with Crippen LogP contribution in [0.5, 0.6) is 5.75 Å². The minimum Gasteiger partial charge on any atom is -0.492 e. The van der Waals surface area contributed by atoms with Crippen LogP contribution in [0, 0.1) is 0 Å². The highest BCUT2D eigenvalue weighted by atomic mass is 32.2. The van der Waals surface area contributed by atoms with Gasteiger partial charge in [0.1, 0.15) is 12.4 Å². The maximum atomic E-state index is 12.0. The Hall–Kier alpha value is -1.93. The Kier molecular flexibility index (Phi) is 7.07. The molecule has 2 unspecified atom stereocenters. The summed E-state index contributed by atoms with van der Waals surface area (Å²) in [6, 6.07) is 16.3. The summed E-state index contributed by atoms with van der Waals surface area (Å²) < 4.78 is 32.5. The summed E-state index contributed by atoms with van der Waals surface area (Å²) in [5.41, 5.74) is 8.83. The first-order chi connectivity index (χ1) is 13.5. The highest BCUT2D eigenvalue weighted by molar-refractivity contribution is 7.89. The molecule has 0 radical (unpaired) electrons. The second-order valence-corrected chi connectivity index (χ2v) is 9.06. The van der Waals surface area contributed by atoms with Gasteiger partial charge in [0, 0.05) is 24.2 Å². The molecule has 0 aromatic heterocycles. The van der Waals surface area contributed by atoms with E-state index >= 15 is 0 Å². The quantitative estimate of drug-likeness (QED) is 0.595. The molecule has 0 bridgehead atoms. The Labute approximate surface area is 167 Å². The molecule has 2 aromatic rings. The molecule has 28 heavy (non-hydrogen) atoms. The SMILES string of the molecule is CCS(=O)(=O)NC1CCNC1Cc1cccc(-c2ccccc2OCCN)c1. The van der Waals surface area contributed by atoms with Gasteiger partial charge in [0.25, 0.3) is 0 Å². The average molecular weight is 404 g/mol. The van der Waals surface area contributed by atoms with Gasteiger partial charge in [0.2, 0.25) is 10.0 Å². The summed E-state index contributed by atoms with van der Waals surface area (Å²) in [5.74, 6) is 0.920. The first-order valence-electron chi connectivity index (χ1n) is 9.77.